The van der Waals surface area contributed by atoms with Crippen molar-refractivity contribution in [2.45, 2.75) is 33.0 Å². The van der Waals surface area contributed by atoms with E-state index in [1.807, 2.05) is 13.0 Å². The zero-order valence-electron chi connectivity index (χ0n) is 11.4. The lowest BCUT2D eigenvalue weighted by Gasteiger charge is -2.18. The number of terminal acetylenes is 1. The van der Waals surface area contributed by atoms with Gasteiger partial charge in [0.2, 0.25) is 0 Å². The van der Waals surface area contributed by atoms with E-state index in [-0.39, 0.29) is 12.5 Å². The number of hydrogen-bond donors (Lipinski definition) is 2. The molecule has 1 rings (SSSR count). The Balaban J connectivity index is 2.84. The maximum atomic E-state index is 11.7. The van der Waals surface area contributed by atoms with Crippen LogP contribution in [0.3, 0.4) is 0 Å². The summed E-state index contributed by atoms with van der Waals surface area (Å²) in [4.78, 5) is 11.7. The topological polar surface area (TPSA) is 58.6 Å². The van der Waals surface area contributed by atoms with Gasteiger partial charge in [-0.3, -0.25) is 4.79 Å². The Labute approximate surface area is 113 Å². The number of ether oxygens (including phenoxy) is 1. The number of rotatable bonds is 5. The minimum atomic E-state index is -0.673. The molecular formula is C15H19NO3. The van der Waals surface area contributed by atoms with Crippen LogP contribution in [-0.4, -0.2) is 23.7 Å². The molecule has 0 spiro atoms. The van der Waals surface area contributed by atoms with E-state index in [0.29, 0.717) is 11.3 Å². The summed E-state index contributed by atoms with van der Waals surface area (Å²) < 4.78 is 5.61. The van der Waals surface area contributed by atoms with Crippen molar-refractivity contribution in [3.05, 3.63) is 29.3 Å². The second-order valence-electron chi connectivity index (χ2n) is 4.40. The Morgan fingerprint density at radius 2 is 2.21 bits per heavy atom. The van der Waals surface area contributed by atoms with Crippen LogP contribution in [0.4, 0.5) is 0 Å². The molecule has 1 aromatic rings. The average Bonchev–Trinajstić information content (AvgIpc) is 2.35. The summed E-state index contributed by atoms with van der Waals surface area (Å²) in [6.45, 7) is 5.38. The molecule has 2 atom stereocenters. The first kappa shape index (κ1) is 15.1. The summed E-state index contributed by atoms with van der Waals surface area (Å²) in [5, 5.41) is 12.2. The molecule has 2 N–H and O–H groups in total. The largest absolute Gasteiger partial charge is 0.481 e. The first-order chi connectivity index (χ1) is 8.95. The maximum Gasteiger partial charge on any atom is 0.261 e. The summed E-state index contributed by atoms with van der Waals surface area (Å²) >= 11 is 0. The van der Waals surface area contributed by atoms with Gasteiger partial charge in [-0.25, -0.2) is 0 Å². The number of nitrogens with one attached hydrogen (secondary N) is 1. The number of aliphatic hydroxyl groups is 1. The van der Waals surface area contributed by atoms with Crippen LogP contribution in [0.1, 0.15) is 31.1 Å². The number of aliphatic hydroxyl groups excluding tert-OH is 1. The molecule has 0 radical (unpaired) electrons. The van der Waals surface area contributed by atoms with Crippen LogP contribution in [0.15, 0.2) is 18.2 Å². The summed E-state index contributed by atoms with van der Waals surface area (Å²) in [5.74, 6) is 2.56. The minimum absolute atomic E-state index is 0.170. The van der Waals surface area contributed by atoms with Crippen molar-refractivity contribution in [2.24, 2.45) is 0 Å². The van der Waals surface area contributed by atoms with Crippen molar-refractivity contribution >= 4 is 5.91 Å². The molecule has 0 fully saturated rings. The quantitative estimate of drug-likeness (QED) is 0.791. The molecule has 0 saturated carbocycles. The van der Waals surface area contributed by atoms with Gasteiger partial charge in [-0.1, -0.05) is 18.1 Å². The molecule has 1 aromatic carbocycles. The van der Waals surface area contributed by atoms with E-state index in [2.05, 4.69) is 11.2 Å². The third kappa shape index (κ3) is 4.31. The Bertz CT molecular complexity index is 489. The van der Waals surface area contributed by atoms with Gasteiger partial charge < -0.3 is 15.2 Å². The van der Waals surface area contributed by atoms with Crippen molar-refractivity contribution in [3.8, 4) is 18.1 Å². The Hall–Kier alpha value is -1.99. The lowest BCUT2D eigenvalue weighted by molar-refractivity contribution is -0.127. The molecule has 0 aliphatic heterocycles. The Kier molecular flexibility index (Phi) is 5.40. The van der Waals surface area contributed by atoms with Crippen LogP contribution in [0.2, 0.25) is 0 Å². The molecule has 102 valence electrons. The van der Waals surface area contributed by atoms with Gasteiger partial charge in [0.1, 0.15) is 5.75 Å². The highest BCUT2D eigenvalue weighted by Gasteiger charge is 2.17. The average molecular weight is 261 g/mol. The zero-order valence-corrected chi connectivity index (χ0v) is 11.4. The summed E-state index contributed by atoms with van der Waals surface area (Å²) in [6, 6.07) is 5.48. The van der Waals surface area contributed by atoms with Gasteiger partial charge in [-0.2, -0.15) is 0 Å². The monoisotopic (exact) mass is 261 g/mol. The summed E-state index contributed by atoms with van der Waals surface area (Å²) in [6.07, 6.45) is 3.75. The lowest BCUT2D eigenvalue weighted by atomic mass is 10.1. The van der Waals surface area contributed by atoms with E-state index in [1.165, 1.54) is 0 Å². The van der Waals surface area contributed by atoms with E-state index in [4.69, 9.17) is 11.2 Å². The molecule has 2 unspecified atom stereocenters. The number of hydrogen-bond acceptors (Lipinski definition) is 3. The first-order valence-electron chi connectivity index (χ1n) is 6.12. The number of amides is 1. The third-order valence-electron chi connectivity index (χ3n) is 2.66. The smallest absolute Gasteiger partial charge is 0.261 e. The highest BCUT2D eigenvalue weighted by Crippen LogP contribution is 2.27. The molecule has 1 amide bonds. The molecule has 0 aromatic heterocycles. The fraction of sp³-hybridized carbons (Fsp3) is 0.400. The molecule has 0 saturated heterocycles. The van der Waals surface area contributed by atoms with Gasteiger partial charge in [0.25, 0.3) is 5.91 Å². The van der Waals surface area contributed by atoms with Gasteiger partial charge >= 0.3 is 0 Å². The van der Waals surface area contributed by atoms with Crippen LogP contribution in [0, 0.1) is 19.3 Å². The van der Waals surface area contributed by atoms with Crippen molar-refractivity contribution in [1.82, 2.24) is 5.32 Å². The van der Waals surface area contributed by atoms with Gasteiger partial charge in [-0.05, 0) is 32.4 Å². The van der Waals surface area contributed by atoms with Crippen molar-refractivity contribution in [1.29, 1.82) is 0 Å². The second-order valence-corrected chi connectivity index (χ2v) is 4.40. The molecule has 0 aliphatic rings. The van der Waals surface area contributed by atoms with E-state index >= 15 is 0 Å². The van der Waals surface area contributed by atoms with Crippen molar-refractivity contribution in [3.63, 3.8) is 0 Å². The van der Waals surface area contributed by atoms with Gasteiger partial charge in [0.05, 0.1) is 12.6 Å². The summed E-state index contributed by atoms with van der Waals surface area (Å²) in [7, 11) is 0. The normalized spacial score (nSPS) is 13.2. The fourth-order valence-corrected chi connectivity index (χ4v) is 1.61. The lowest BCUT2D eigenvalue weighted by Crippen LogP contribution is -2.36. The molecule has 0 heterocycles. The highest BCUT2D eigenvalue weighted by molar-refractivity contribution is 5.80. The predicted octanol–water partition coefficient (Wildman–Crippen LogP) is 1.57. The van der Waals surface area contributed by atoms with Crippen LogP contribution >= 0.6 is 0 Å². The number of benzene rings is 1. The van der Waals surface area contributed by atoms with Gasteiger partial charge in [0, 0.05) is 5.56 Å². The molecule has 4 heteroatoms. The van der Waals surface area contributed by atoms with Crippen LogP contribution in [0.25, 0.3) is 0 Å². The summed E-state index contributed by atoms with van der Waals surface area (Å²) in [5.41, 5.74) is 1.65. The predicted molar refractivity (Wildman–Crippen MR) is 73.7 cm³/mol. The second kappa shape index (κ2) is 6.81. The number of aryl methyl sites for hydroxylation is 1. The number of carbonyl (C=O) groups is 1. The third-order valence-corrected chi connectivity index (χ3v) is 2.66. The molecular weight excluding hydrogens is 242 g/mol. The fourth-order valence-electron chi connectivity index (χ4n) is 1.61. The Morgan fingerprint density at radius 1 is 1.53 bits per heavy atom. The SMILES string of the molecule is C#CCNC(=O)C(C)Oc1cc(C)ccc1C(C)O. The number of carbonyl (C=O) groups excluding carboxylic acids is 1. The minimum Gasteiger partial charge on any atom is -0.481 e. The van der Waals surface area contributed by atoms with Crippen LogP contribution < -0.4 is 10.1 Å². The van der Waals surface area contributed by atoms with Gasteiger partial charge in [0.15, 0.2) is 6.10 Å². The van der Waals surface area contributed by atoms with E-state index in [9.17, 15) is 9.90 Å². The molecule has 0 bridgehead atoms. The van der Waals surface area contributed by atoms with Crippen molar-refractivity contribution < 1.29 is 14.6 Å². The van der Waals surface area contributed by atoms with E-state index in [1.54, 1.807) is 26.0 Å². The maximum absolute atomic E-state index is 11.7. The first-order valence-corrected chi connectivity index (χ1v) is 6.12. The highest BCUT2D eigenvalue weighted by atomic mass is 16.5. The Morgan fingerprint density at radius 3 is 2.79 bits per heavy atom. The van der Waals surface area contributed by atoms with Crippen molar-refractivity contribution in [2.75, 3.05) is 6.54 Å². The van der Waals surface area contributed by atoms with E-state index in [0.717, 1.165) is 5.56 Å². The molecule has 4 nitrogen and oxygen atoms in total. The van der Waals surface area contributed by atoms with Gasteiger partial charge in [-0.15, -0.1) is 6.42 Å². The van der Waals surface area contributed by atoms with Crippen LogP contribution in [-0.2, 0) is 4.79 Å². The zero-order chi connectivity index (χ0) is 14.4. The van der Waals surface area contributed by atoms with E-state index < -0.39 is 12.2 Å². The molecule has 19 heavy (non-hydrogen) atoms. The standard InChI is InChI=1S/C15H19NO3/c1-5-8-16-15(18)12(4)19-14-9-10(2)6-7-13(14)11(3)17/h1,6-7,9,11-12,17H,8H2,2-4H3,(H,16,18). The molecule has 0 aliphatic carbocycles. The van der Waals surface area contributed by atoms with Crippen LogP contribution in [0.5, 0.6) is 5.75 Å².